The standard InChI is InChI=1S/C24H26F3N5O6/c1-12(6-8-23(25,26)27)18-19-21(28-13(2)22(30-19)37-3)31-20(29-18)14-7-9-38-16(10-14)15-4-5-17(33)32(11-15)24(34,35)36/h4-5,11,14,16,34-36H,1,6-10H2,2-3H3. The number of aryl methyl sites for hydroxylation is 1. The van der Waals surface area contributed by atoms with Gasteiger partial charge in [0, 0.05) is 31.2 Å². The fraction of sp³-hybridized carbons (Fsp3) is 0.458. The maximum atomic E-state index is 12.9. The highest BCUT2D eigenvalue weighted by Crippen LogP contribution is 2.38. The van der Waals surface area contributed by atoms with Crippen LogP contribution in [0.15, 0.2) is 29.7 Å². The molecule has 38 heavy (non-hydrogen) atoms. The van der Waals surface area contributed by atoms with Crippen molar-refractivity contribution >= 4 is 16.7 Å². The summed E-state index contributed by atoms with van der Waals surface area (Å²) in [4.78, 5) is 29.8. The van der Waals surface area contributed by atoms with Crippen LogP contribution in [0.3, 0.4) is 0 Å². The molecule has 2 unspecified atom stereocenters. The van der Waals surface area contributed by atoms with Gasteiger partial charge in [0.05, 0.1) is 18.9 Å². The second kappa shape index (κ2) is 10.4. The Kier molecular flexibility index (Phi) is 7.52. The molecular weight excluding hydrogens is 511 g/mol. The quantitative estimate of drug-likeness (QED) is 0.383. The number of allylic oxidation sites excluding steroid dienone is 1. The highest BCUT2D eigenvalue weighted by Gasteiger charge is 2.32. The number of hydrogen-bond acceptors (Lipinski definition) is 10. The number of halogens is 3. The number of alkyl halides is 3. The van der Waals surface area contributed by atoms with Crippen molar-refractivity contribution in [2.75, 3.05) is 13.7 Å². The summed E-state index contributed by atoms with van der Waals surface area (Å²) in [6.45, 7) is 5.73. The monoisotopic (exact) mass is 537 g/mol. The Morgan fingerprint density at radius 2 is 1.95 bits per heavy atom. The van der Waals surface area contributed by atoms with Gasteiger partial charge in [-0.1, -0.05) is 6.58 Å². The lowest BCUT2D eigenvalue weighted by Gasteiger charge is -2.30. The summed E-state index contributed by atoms with van der Waals surface area (Å²) in [5.41, 5.74) is 0.580. The number of nitrogens with zero attached hydrogens (tertiary/aromatic N) is 5. The van der Waals surface area contributed by atoms with Gasteiger partial charge in [0.15, 0.2) is 5.65 Å². The molecule has 0 amide bonds. The minimum atomic E-state index is -4.38. The van der Waals surface area contributed by atoms with Gasteiger partial charge in [0.1, 0.15) is 17.0 Å². The molecular formula is C24H26F3N5O6. The Bertz CT molecular complexity index is 1420. The molecule has 1 aliphatic rings. The zero-order chi connectivity index (χ0) is 27.8. The Balaban J connectivity index is 1.72. The summed E-state index contributed by atoms with van der Waals surface area (Å²) in [5, 5.41) is 28.4. The van der Waals surface area contributed by atoms with Crippen molar-refractivity contribution in [1.29, 1.82) is 0 Å². The van der Waals surface area contributed by atoms with Crippen LogP contribution in [0.1, 0.15) is 60.5 Å². The van der Waals surface area contributed by atoms with E-state index in [4.69, 9.17) is 9.47 Å². The second-order valence-corrected chi connectivity index (χ2v) is 8.99. The zero-order valence-corrected chi connectivity index (χ0v) is 20.6. The maximum absolute atomic E-state index is 12.9. The average Bonchev–Trinajstić information content (AvgIpc) is 2.85. The Hall–Kier alpha value is -3.46. The molecule has 0 saturated carbocycles. The largest absolute Gasteiger partial charge is 0.480 e. The van der Waals surface area contributed by atoms with Crippen molar-refractivity contribution in [3.63, 3.8) is 0 Å². The Morgan fingerprint density at radius 1 is 1.21 bits per heavy atom. The van der Waals surface area contributed by atoms with Gasteiger partial charge in [0.25, 0.3) is 5.56 Å². The summed E-state index contributed by atoms with van der Waals surface area (Å²) < 4.78 is 50.1. The number of hydrogen-bond donors (Lipinski definition) is 3. The van der Waals surface area contributed by atoms with E-state index in [2.05, 4.69) is 26.5 Å². The van der Waals surface area contributed by atoms with E-state index in [-0.39, 0.29) is 47.3 Å². The lowest BCUT2D eigenvalue weighted by atomic mass is 9.91. The number of fused-ring (bicyclic) bond motifs is 1. The predicted octanol–water partition coefficient (Wildman–Crippen LogP) is 2.43. The first-order valence-corrected chi connectivity index (χ1v) is 11.6. The molecule has 3 aromatic rings. The molecule has 3 N–H and O–H groups in total. The van der Waals surface area contributed by atoms with Gasteiger partial charge in [-0.2, -0.15) is 13.2 Å². The minimum Gasteiger partial charge on any atom is -0.480 e. The molecule has 0 bridgehead atoms. The first-order valence-electron chi connectivity index (χ1n) is 11.6. The summed E-state index contributed by atoms with van der Waals surface area (Å²) in [6.07, 6.45) is -8.06. The summed E-state index contributed by atoms with van der Waals surface area (Å²) >= 11 is 0. The van der Waals surface area contributed by atoms with Crippen molar-refractivity contribution in [1.82, 2.24) is 24.5 Å². The fourth-order valence-corrected chi connectivity index (χ4v) is 4.26. The summed E-state index contributed by atoms with van der Waals surface area (Å²) in [6, 6.07) is 2.49. The topological polar surface area (TPSA) is 153 Å². The molecule has 3 aromatic heterocycles. The van der Waals surface area contributed by atoms with Crippen molar-refractivity contribution in [2.45, 2.75) is 56.9 Å². The lowest BCUT2D eigenvalue weighted by Crippen LogP contribution is -2.40. The van der Waals surface area contributed by atoms with Crippen molar-refractivity contribution in [2.24, 2.45) is 0 Å². The predicted molar refractivity (Wildman–Crippen MR) is 127 cm³/mol. The van der Waals surface area contributed by atoms with Gasteiger partial charge in [-0.15, -0.1) is 0 Å². The third-order valence-corrected chi connectivity index (χ3v) is 6.20. The van der Waals surface area contributed by atoms with Gasteiger partial charge >= 0.3 is 12.3 Å². The van der Waals surface area contributed by atoms with Crippen molar-refractivity contribution in [3.8, 4) is 5.88 Å². The molecule has 4 rings (SSSR count). The van der Waals surface area contributed by atoms with Crippen LogP contribution in [0.25, 0.3) is 16.7 Å². The number of aromatic nitrogens is 5. The molecule has 0 spiro atoms. The van der Waals surface area contributed by atoms with Gasteiger partial charge in [-0.05, 0) is 43.4 Å². The number of ether oxygens (including phenoxy) is 2. The van der Waals surface area contributed by atoms with Crippen LogP contribution in [0.5, 0.6) is 5.88 Å². The third-order valence-electron chi connectivity index (χ3n) is 6.20. The van der Waals surface area contributed by atoms with Crippen molar-refractivity contribution in [3.05, 3.63) is 58.0 Å². The van der Waals surface area contributed by atoms with E-state index < -0.39 is 36.8 Å². The molecule has 14 heteroatoms. The molecule has 0 radical (unpaired) electrons. The zero-order valence-electron chi connectivity index (χ0n) is 20.6. The Labute approximate surface area is 214 Å². The van der Waals surface area contributed by atoms with Crippen LogP contribution >= 0.6 is 0 Å². The van der Waals surface area contributed by atoms with E-state index in [1.807, 2.05) is 0 Å². The van der Waals surface area contributed by atoms with Crippen LogP contribution in [0.4, 0.5) is 13.2 Å². The van der Waals surface area contributed by atoms with E-state index >= 15 is 0 Å². The highest BCUT2D eigenvalue weighted by atomic mass is 19.4. The SMILES string of the molecule is C=C(CCC(F)(F)F)c1nc(C2CCOC(c3ccc(=O)n(C(O)(O)O)c3)C2)nc2nc(C)c(OC)nc12. The van der Waals surface area contributed by atoms with Crippen molar-refractivity contribution < 1.29 is 38.0 Å². The lowest BCUT2D eigenvalue weighted by molar-refractivity contribution is -0.377. The van der Waals surface area contributed by atoms with E-state index in [0.29, 0.717) is 28.1 Å². The van der Waals surface area contributed by atoms with E-state index in [9.17, 15) is 33.3 Å². The first kappa shape index (κ1) is 27.6. The Morgan fingerprint density at radius 3 is 2.61 bits per heavy atom. The van der Waals surface area contributed by atoms with Gasteiger partial charge < -0.3 is 24.8 Å². The normalized spacial score (nSPS) is 18.5. The number of methoxy groups -OCH3 is 1. The molecule has 204 valence electrons. The van der Waals surface area contributed by atoms with Crippen LogP contribution in [0.2, 0.25) is 0 Å². The molecule has 2 atom stereocenters. The first-order chi connectivity index (χ1) is 17.8. The molecule has 1 saturated heterocycles. The van der Waals surface area contributed by atoms with Gasteiger partial charge in [-0.25, -0.2) is 24.5 Å². The van der Waals surface area contributed by atoms with E-state index in [0.717, 1.165) is 12.3 Å². The summed E-state index contributed by atoms with van der Waals surface area (Å²) in [7, 11) is 1.40. The van der Waals surface area contributed by atoms with E-state index in [1.165, 1.54) is 13.2 Å². The smallest absolute Gasteiger partial charge is 0.389 e. The molecule has 11 nitrogen and oxygen atoms in total. The van der Waals surface area contributed by atoms with Gasteiger partial charge in [-0.3, -0.25) is 4.79 Å². The maximum Gasteiger partial charge on any atom is 0.389 e. The van der Waals surface area contributed by atoms with Crippen LogP contribution in [-0.4, -0.2) is 59.7 Å². The molecule has 0 aromatic carbocycles. The molecule has 0 aliphatic carbocycles. The molecule has 1 fully saturated rings. The second-order valence-electron chi connectivity index (χ2n) is 8.99. The van der Waals surface area contributed by atoms with Crippen LogP contribution in [0, 0.1) is 6.92 Å². The van der Waals surface area contributed by atoms with Crippen LogP contribution < -0.4 is 10.3 Å². The van der Waals surface area contributed by atoms with Gasteiger partial charge in [0.2, 0.25) is 5.88 Å². The number of pyridine rings is 1. The molecule has 4 heterocycles. The molecule has 1 aliphatic heterocycles. The average molecular weight is 537 g/mol. The number of rotatable bonds is 7. The highest BCUT2D eigenvalue weighted by molar-refractivity contribution is 5.84. The number of aliphatic hydroxyl groups is 3. The minimum absolute atomic E-state index is 0.122. The third kappa shape index (κ3) is 5.99. The summed E-state index contributed by atoms with van der Waals surface area (Å²) in [5.74, 6) is 0.161. The van der Waals surface area contributed by atoms with Crippen LogP contribution in [-0.2, 0) is 10.8 Å². The van der Waals surface area contributed by atoms with E-state index in [1.54, 1.807) is 6.92 Å². The fourth-order valence-electron chi connectivity index (χ4n) is 4.26.